The molecule has 0 spiro atoms. The van der Waals surface area contributed by atoms with E-state index in [1.54, 1.807) is 17.9 Å². The number of carbonyl (C=O) groups excluding carboxylic acids is 2. The highest BCUT2D eigenvalue weighted by Gasteiger charge is 2.20. The molecule has 6 nitrogen and oxygen atoms in total. The molecule has 6 heteroatoms. The molecule has 1 aromatic heterocycles. The molecule has 116 valence electrons. The summed E-state index contributed by atoms with van der Waals surface area (Å²) in [5.41, 5.74) is 2.41. The number of rotatable bonds is 5. The van der Waals surface area contributed by atoms with Gasteiger partial charge in [-0.1, -0.05) is 29.8 Å². The lowest BCUT2D eigenvalue weighted by atomic mass is 10.0. The van der Waals surface area contributed by atoms with Crippen molar-refractivity contribution in [3.63, 3.8) is 0 Å². The number of hydrogen-bond donors (Lipinski definition) is 1. The van der Waals surface area contributed by atoms with E-state index >= 15 is 0 Å². The fourth-order valence-electron chi connectivity index (χ4n) is 2.08. The highest BCUT2D eigenvalue weighted by Crippen LogP contribution is 2.19. The number of esters is 1. The van der Waals surface area contributed by atoms with Crippen LogP contribution in [0.15, 0.2) is 36.7 Å². The van der Waals surface area contributed by atoms with Gasteiger partial charge in [-0.2, -0.15) is 5.10 Å². The van der Waals surface area contributed by atoms with E-state index in [4.69, 9.17) is 4.74 Å². The van der Waals surface area contributed by atoms with Gasteiger partial charge in [0.1, 0.15) is 0 Å². The van der Waals surface area contributed by atoms with Crippen molar-refractivity contribution in [2.24, 2.45) is 7.05 Å². The van der Waals surface area contributed by atoms with E-state index in [1.807, 2.05) is 31.2 Å². The van der Waals surface area contributed by atoms with Crippen molar-refractivity contribution in [1.82, 2.24) is 15.1 Å². The van der Waals surface area contributed by atoms with Gasteiger partial charge in [0.2, 0.25) is 0 Å². The van der Waals surface area contributed by atoms with Crippen LogP contribution in [0.2, 0.25) is 0 Å². The second-order valence-corrected chi connectivity index (χ2v) is 5.12. The third kappa shape index (κ3) is 3.94. The fourth-order valence-corrected chi connectivity index (χ4v) is 2.08. The zero-order valence-electron chi connectivity index (χ0n) is 12.9. The molecule has 22 heavy (non-hydrogen) atoms. The summed E-state index contributed by atoms with van der Waals surface area (Å²) in [5.74, 6) is -0.653. The third-order valence-corrected chi connectivity index (χ3v) is 3.35. The average molecular weight is 301 g/mol. The Bertz CT molecular complexity index is 662. The van der Waals surface area contributed by atoms with E-state index < -0.39 is 6.04 Å². The largest absolute Gasteiger partial charge is 0.469 e. The van der Waals surface area contributed by atoms with Gasteiger partial charge < -0.3 is 10.1 Å². The van der Waals surface area contributed by atoms with E-state index in [0.29, 0.717) is 5.56 Å². The van der Waals surface area contributed by atoms with Crippen LogP contribution >= 0.6 is 0 Å². The number of aromatic nitrogens is 2. The van der Waals surface area contributed by atoms with E-state index in [9.17, 15) is 9.59 Å². The number of hydrogen-bond acceptors (Lipinski definition) is 4. The van der Waals surface area contributed by atoms with Gasteiger partial charge in [0.15, 0.2) is 0 Å². The van der Waals surface area contributed by atoms with Crippen molar-refractivity contribution in [1.29, 1.82) is 0 Å². The zero-order chi connectivity index (χ0) is 16.1. The maximum Gasteiger partial charge on any atom is 0.307 e. The molecule has 1 heterocycles. The number of carbonyl (C=O) groups is 2. The topological polar surface area (TPSA) is 73.2 Å². The zero-order valence-corrected chi connectivity index (χ0v) is 12.9. The maximum absolute atomic E-state index is 12.3. The van der Waals surface area contributed by atoms with Gasteiger partial charge in [-0.05, 0) is 12.5 Å². The molecule has 0 saturated carbocycles. The molecule has 0 aliphatic rings. The lowest BCUT2D eigenvalue weighted by molar-refractivity contribution is -0.141. The maximum atomic E-state index is 12.3. The van der Waals surface area contributed by atoms with Gasteiger partial charge in [0, 0.05) is 13.2 Å². The van der Waals surface area contributed by atoms with Crippen molar-refractivity contribution < 1.29 is 14.3 Å². The Morgan fingerprint density at radius 2 is 2.00 bits per heavy atom. The lowest BCUT2D eigenvalue weighted by Gasteiger charge is -2.18. The third-order valence-electron chi connectivity index (χ3n) is 3.35. The molecule has 0 bridgehead atoms. The van der Waals surface area contributed by atoms with Gasteiger partial charge in [-0.3, -0.25) is 14.3 Å². The molecular weight excluding hydrogens is 282 g/mol. The number of ether oxygens (including phenoxy) is 1. The molecule has 1 N–H and O–H groups in total. The Morgan fingerprint density at radius 3 is 2.55 bits per heavy atom. The van der Waals surface area contributed by atoms with E-state index in [2.05, 4.69) is 10.4 Å². The van der Waals surface area contributed by atoms with E-state index in [1.165, 1.54) is 13.3 Å². The summed E-state index contributed by atoms with van der Waals surface area (Å²) < 4.78 is 6.26. The van der Waals surface area contributed by atoms with Crippen molar-refractivity contribution >= 4 is 11.9 Å². The van der Waals surface area contributed by atoms with Crippen LogP contribution < -0.4 is 5.32 Å². The first-order valence-corrected chi connectivity index (χ1v) is 6.92. The van der Waals surface area contributed by atoms with Gasteiger partial charge in [0.05, 0.1) is 31.3 Å². The number of nitrogens with one attached hydrogen (secondary N) is 1. The van der Waals surface area contributed by atoms with Crippen molar-refractivity contribution in [2.75, 3.05) is 7.11 Å². The molecule has 1 aromatic carbocycles. The first-order chi connectivity index (χ1) is 10.5. The van der Waals surface area contributed by atoms with Gasteiger partial charge in [-0.15, -0.1) is 0 Å². The normalized spacial score (nSPS) is 11.8. The Hall–Kier alpha value is -2.63. The molecule has 0 aliphatic carbocycles. The average Bonchev–Trinajstić information content (AvgIpc) is 2.94. The Kier molecular flexibility index (Phi) is 4.93. The summed E-state index contributed by atoms with van der Waals surface area (Å²) in [6.07, 6.45) is 3.19. The van der Waals surface area contributed by atoms with Gasteiger partial charge >= 0.3 is 5.97 Å². The van der Waals surface area contributed by atoms with Crippen molar-refractivity contribution in [2.45, 2.75) is 19.4 Å². The monoisotopic (exact) mass is 301 g/mol. The van der Waals surface area contributed by atoms with Crippen LogP contribution in [-0.2, 0) is 16.6 Å². The quantitative estimate of drug-likeness (QED) is 0.854. The summed E-state index contributed by atoms with van der Waals surface area (Å²) in [7, 11) is 3.07. The standard InChI is InChI=1S/C16H19N3O3/c1-11-4-6-12(7-5-11)14(8-15(20)22-3)18-16(21)13-9-17-19(2)10-13/h4-7,9-10,14H,8H2,1-3H3,(H,18,21)/t14-/m1/s1. The van der Waals surface area contributed by atoms with Crippen molar-refractivity contribution in [3.05, 3.63) is 53.3 Å². The number of amides is 1. The van der Waals surface area contributed by atoms with Gasteiger partial charge in [0.25, 0.3) is 5.91 Å². The van der Waals surface area contributed by atoms with Crippen LogP contribution in [0.5, 0.6) is 0 Å². The van der Waals surface area contributed by atoms with Gasteiger partial charge in [-0.25, -0.2) is 0 Å². The Labute approximate surface area is 129 Å². The number of aryl methyl sites for hydroxylation is 2. The lowest BCUT2D eigenvalue weighted by Crippen LogP contribution is -2.30. The van der Waals surface area contributed by atoms with E-state index in [0.717, 1.165) is 11.1 Å². The van der Waals surface area contributed by atoms with E-state index in [-0.39, 0.29) is 18.3 Å². The van der Waals surface area contributed by atoms with Crippen LogP contribution in [0.3, 0.4) is 0 Å². The predicted molar refractivity (Wildman–Crippen MR) is 81.2 cm³/mol. The summed E-state index contributed by atoms with van der Waals surface area (Å²) in [6.45, 7) is 1.98. The van der Waals surface area contributed by atoms with Crippen LogP contribution in [0, 0.1) is 6.92 Å². The minimum Gasteiger partial charge on any atom is -0.469 e. The predicted octanol–water partition coefficient (Wildman–Crippen LogP) is 1.76. The van der Waals surface area contributed by atoms with Crippen molar-refractivity contribution in [3.8, 4) is 0 Å². The summed E-state index contributed by atoms with van der Waals surface area (Å²) >= 11 is 0. The van der Waals surface area contributed by atoms with Crippen LogP contribution in [0.1, 0.15) is 33.9 Å². The molecule has 0 saturated heterocycles. The number of methoxy groups -OCH3 is 1. The molecule has 2 rings (SSSR count). The second kappa shape index (κ2) is 6.89. The molecule has 0 unspecified atom stereocenters. The molecule has 0 fully saturated rings. The first kappa shape index (κ1) is 15.8. The minimum atomic E-state index is -0.444. The smallest absolute Gasteiger partial charge is 0.307 e. The Morgan fingerprint density at radius 1 is 1.32 bits per heavy atom. The highest BCUT2D eigenvalue weighted by molar-refractivity contribution is 5.94. The Balaban J connectivity index is 2.18. The first-order valence-electron chi connectivity index (χ1n) is 6.92. The highest BCUT2D eigenvalue weighted by atomic mass is 16.5. The number of benzene rings is 1. The van der Waals surface area contributed by atoms with Crippen LogP contribution in [0.4, 0.5) is 0 Å². The summed E-state index contributed by atoms with van der Waals surface area (Å²) in [5, 5.41) is 6.83. The molecule has 1 amide bonds. The SMILES string of the molecule is COC(=O)C[C@@H](NC(=O)c1cnn(C)c1)c1ccc(C)cc1. The minimum absolute atomic E-state index is 0.0750. The second-order valence-electron chi connectivity index (χ2n) is 5.12. The molecule has 2 aromatic rings. The molecule has 1 atom stereocenters. The molecule has 0 aliphatic heterocycles. The summed E-state index contributed by atoms with van der Waals surface area (Å²) in [4.78, 5) is 23.9. The molecular formula is C16H19N3O3. The molecule has 0 radical (unpaired) electrons. The fraction of sp³-hybridized carbons (Fsp3) is 0.312. The van der Waals surface area contributed by atoms with Crippen LogP contribution in [0.25, 0.3) is 0 Å². The number of nitrogens with zero attached hydrogens (tertiary/aromatic N) is 2. The van der Waals surface area contributed by atoms with Crippen LogP contribution in [-0.4, -0.2) is 28.8 Å². The summed E-state index contributed by atoms with van der Waals surface area (Å²) in [6, 6.07) is 7.23.